The van der Waals surface area contributed by atoms with E-state index in [4.69, 9.17) is 0 Å². The van der Waals surface area contributed by atoms with Crippen molar-refractivity contribution in [3.63, 3.8) is 0 Å². The van der Waals surface area contributed by atoms with Crippen LogP contribution < -0.4 is 0 Å². The summed E-state index contributed by atoms with van der Waals surface area (Å²) in [7, 11) is 0. The molecule has 0 atom stereocenters. The second kappa shape index (κ2) is 3.27. The third kappa shape index (κ3) is 1.45. The molecule has 0 aliphatic rings. The van der Waals surface area contributed by atoms with E-state index in [1.165, 1.54) is 0 Å². The van der Waals surface area contributed by atoms with Crippen LogP contribution in [0.2, 0.25) is 0 Å². The number of halogens is 2. The van der Waals surface area contributed by atoms with E-state index in [-0.39, 0.29) is 5.82 Å². The lowest BCUT2D eigenvalue weighted by molar-refractivity contribution is 0.596. The molecule has 3 heteroatoms. The molecular weight excluding hydrogens is 244 g/mol. The number of rotatable bonds is 1. The molecule has 0 N–H and O–H groups in total. The highest BCUT2D eigenvalue weighted by molar-refractivity contribution is 14.1. The van der Waals surface area contributed by atoms with E-state index in [0.717, 1.165) is 12.0 Å². The van der Waals surface area contributed by atoms with Crippen molar-refractivity contribution in [3.05, 3.63) is 27.3 Å². The van der Waals surface area contributed by atoms with Gasteiger partial charge in [0.1, 0.15) is 3.70 Å². The molecule has 0 aromatic carbocycles. The summed E-state index contributed by atoms with van der Waals surface area (Å²) < 4.78 is 13.4. The quantitative estimate of drug-likeness (QED) is 0.551. The highest BCUT2D eigenvalue weighted by Gasteiger charge is 2.03. The largest absolute Gasteiger partial charge is 0.247 e. The Morgan fingerprint density at radius 2 is 2.40 bits per heavy atom. The fourth-order valence-electron chi connectivity index (χ4n) is 0.728. The SMILES string of the molecule is CCc1ccnc(I)c1F. The van der Waals surface area contributed by atoms with Gasteiger partial charge >= 0.3 is 0 Å². The molecule has 0 unspecified atom stereocenters. The van der Waals surface area contributed by atoms with Crippen LogP contribution in [0.4, 0.5) is 4.39 Å². The molecule has 0 bridgehead atoms. The lowest BCUT2D eigenvalue weighted by Gasteiger charge is -1.98. The Morgan fingerprint density at radius 1 is 1.70 bits per heavy atom. The highest BCUT2D eigenvalue weighted by Crippen LogP contribution is 2.11. The van der Waals surface area contributed by atoms with Crippen molar-refractivity contribution in [2.45, 2.75) is 13.3 Å². The summed E-state index contributed by atoms with van der Waals surface area (Å²) in [6.07, 6.45) is 2.36. The van der Waals surface area contributed by atoms with Gasteiger partial charge in [-0.05, 0) is 40.6 Å². The van der Waals surface area contributed by atoms with Gasteiger partial charge in [0.05, 0.1) is 0 Å². The number of nitrogens with zero attached hydrogens (tertiary/aromatic N) is 1. The van der Waals surface area contributed by atoms with E-state index in [1.54, 1.807) is 12.3 Å². The first-order chi connectivity index (χ1) is 4.75. The van der Waals surface area contributed by atoms with Crippen LogP contribution in [0.3, 0.4) is 0 Å². The Labute approximate surface area is 72.8 Å². The van der Waals surface area contributed by atoms with Gasteiger partial charge in [-0.25, -0.2) is 9.37 Å². The van der Waals surface area contributed by atoms with Crippen molar-refractivity contribution in [2.24, 2.45) is 0 Å². The minimum Gasteiger partial charge on any atom is -0.247 e. The van der Waals surface area contributed by atoms with Crippen LogP contribution in [0.5, 0.6) is 0 Å². The lowest BCUT2D eigenvalue weighted by Crippen LogP contribution is -1.93. The van der Waals surface area contributed by atoms with Crippen molar-refractivity contribution >= 4 is 22.6 Å². The molecule has 0 saturated carbocycles. The first-order valence-electron chi connectivity index (χ1n) is 3.04. The predicted octanol–water partition coefficient (Wildman–Crippen LogP) is 2.39. The third-order valence-electron chi connectivity index (χ3n) is 1.31. The molecule has 0 aliphatic carbocycles. The first-order valence-corrected chi connectivity index (χ1v) is 4.12. The van der Waals surface area contributed by atoms with Crippen molar-refractivity contribution in [1.29, 1.82) is 0 Å². The number of pyridine rings is 1. The van der Waals surface area contributed by atoms with Crippen LogP contribution in [0.1, 0.15) is 12.5 Å². The van der Waals surface area contributed by atoms with Crippen LogP contribution in [0.25, 0.3) is 0 Å². The summed E-state index contributed by atoms with van der Waals surface area (Å²) >= 11 is 1.89. The topological polar surface area (TPSA) is 12.9 Å². The average molecular weight is 251 g/mol. The van der Waals surface area contributed by atoms with E-state index in [0.29, 0.717) is 3.70 Å². The Bertz CT molecular complexity index is 237. The van der Waals surface area contributed by atoms with Gasteiger partial charge in [0.2, 0.25) is 0 Å². The van der Waals surface area contributed by atoms with Crippen molar-refractivity contribution < 1.29 is 4.39 Å². The van der Waals surface area contributed by atoms with E-state index >= 15 is 0 Å². The Hall–Kier alpha value is -0.190. The Balaban J connectivity index is 3.14. The molecule has 1 nitrogen and oxygen atoms in total. The summed E-state index contributed by atoms with van der Waals surface area (Å²) in [4.78, 5) is 3.80. The van der Waals surface area contributed by atoms with Gasteiger partial charge in [0.15, 0.2) is 5.82 Å². The van der Waals surface area contributed by atoms with E-state index in [9.17, 15) is 4.39 Å². The van der Waals surface area contributed by atoms with E-state index in [2.05, 4.69) is 4.98 Å². The molecule has 54 valence electrons. The van der Waals surface area contributed by atoms with E-state index in [1.807, 2.05) is 29.5 Å². The summed E-state index contributed by atoms with van der Waals surface area (Å²) in [6, 6.07) is 1.71. The Kier molecular flexibility index (Phi) is 2.59. The molecule has 1 rings (SSSR count). The average Bonchev–Trinajstić information content (AvgIpc) is 1.95. The maximum Gasteiger partial charge on any atom is 0.158 e. The summed E-state index contributed by atoms with van der Waals surface area (Å²) in [5.74, 6) is -0.175. The van der Waals surface area contributed by atoms with Gasteiger partial charge < -0.3 is 0 Å². The molecular formula is C7H7FIN. The molecule has 1 aromatic heterocycles. The molecule has 0 fully saturated rings. The summed E-state index contributed by atoms with van der Waals surface area (Å²) in [5, 5.41) is 0. The number of aromatic nitrogens is 1. The molecule has 0 radical (unpaired) electrons. The normalized spacial score (nSPS) is 9.90. The Morgan fingerprint density at radius 3 is 2.90 bits per heavy atom. The monoisotopic (exact) mass is 251 g/mol. The van der Waals surface area contributed by atoms with Gasteiger partial charge in [-0.3, -0.25) is 0 Å². The minimum absolute atomic E-state index is 0.175. The van der Waals surface area contributed by atoms with Gasteiger partial charge in [0.25, 0.3) is 0 Å². The van der Waals surface area contributed by atoms with Crippen LogP contribution in [-0.2, 0) is 6.42 Å². The molecule has 0 saturated heterocycles. The smallest absolute Gasteiger partial charge is 0.158 e. The van der Waals surface area contributed by atoms with Crippen molar-refractivity contribution in [3.8, 4) is 0 Å². The number of hydrogen-bond donors (Lipinski definition) is 0. The van der Waals surface area contributed by atoms with Gasteiger partial charge in [-0.15, -0.1) is 0 Å². The molecule has 0 spiro atoms. The maximum atomic E-state index is 12.9. The molecule has 1 aromatic rings. The van der Waals surface area contributed by atoms with Crippen LogP contribution >= 0.6 is 22.6 Å². The van der Waals surface area contributed by atoms with Gasteiger partial charge in [0, 0.05) is 6.20 Å². The van der Waals surface area contributed by atoms with Crippen molar-refractivity contribution in [1.82, 2.24) is 4.98 Å². The van der Waals surface area contributed by atoms with Crippen molar-refractivity contribution in [2.75, 3.05) is 0 Å². The van der Waals surface area contributed by atoms with Crippen LogP contribution in [0.15, 0.2) is 12.3 Å². The standard InChI is InChI=1S/C7H7FIN/c1-2-5-3-4-10-7(9)6(5)8/h3-4H,2H2,1H3. The second-order valence-electron chi connectivity index (χ2n) is 1.93. The number of aryl methyl sites for hydroxylation is 1. The summed E-state index contributed by atoms with van der Waals surface area (Å²) in [5.41, 5.74) is 0.736. The first kappa shape index (κ1) is 7.91. The highest BCUT2D eigenvalue weighted by atomic mass is 127. The van der Waals surface area contributed by atoms with Crippen LogP contribution in [-0.4, -0.2) is 4.98 Å². The zero-order chi connectivity index (χ0) is 7.56. The van der Waals surface area contributed by atoms with Gasteiger partial charge in [-0.1, -0.05) is 6.92 Å². The molecule has 1 heterocycles. The summed E-state index contributed by atoms with van der Waals surface area (Å²) in [6.45, 7) is 1.93. The van der Waals surface area contributed by atoms with Gasteiger partial charge in [-0.2, -0.15) is 0 Å². The molecule has 0 aliphatic heterocycles. The predicted molar refractivity (Wildman–Crippen MR) is 46.3 cm³/mol. The fraction of sp³-hybridized carbons (Fsp3) is 0.286. The zero-order valence-electron chi connectivity index (χ0n) is 5.56. The van der Waals surface area contributed by atoms with E-state index < -0.39 is 0 Å². The maximum absolute atomic E-state index is 12.9. The third-order valence-corrected chi connectivity index (χ3v) is 2.06. The fourth-order valence-corrected chi connectivity index (χ4v) is 1.24. The second-order valence-corrected chi connectivity index (χ2v) is 2.95. The molecule has 0 amide bonds. The zero-order valence-corrected chi connectivity index (χ0v) is 7.72. The lowest BCUT2D eigenvalue weighted by atomic mass is 10.2. The van der Waals surface area contributed by atoms with Crippen LogP contribution in [0, 0.1) is 9.52 Å². The molecule has 10 heavy (non-hydrogen) atoms. The minimum atomic E-state index is -0.175. The number of hydrogen-bond acceptors (Lipinski definition) is 1.